The third-order valence-electron chi connectivity index (χ3n) is 6.17. The Morgan fingerprint density at radius 1 is 0.914 bits per heavy atom. The number of pyridine rings is 1. The van der Waals surface area contributed by atoms with Crippen LogP contribution in [0.2, 0.25) is 0 Å². The lowest BCUT2D eigenvalue weighted by atomic mass is 10.1. The predicted molar refractivity (Wildman–Crippen MR) is 135 cm³/mol. The fourth-order valence-corrected chi connectivity index (χ4v) is 4.29. The largest absolute Gasteiger partial charge is 0.496 e. The standard InChI is InChI=1S/C27H30N4O4/c1-34-24-13-8-12-23(25(24)27(33)35-2)31(26(32)22-11-6-7-14-28-22)20-17-29-15-18-30(19-16-29)21-9-4-3-5-10-21/h3-14H,15-20H2,1-2H3. The fourth-order valence-electron chi connectivity index (χ4n) is 4.29. The van der Waals surface area contributed by atoms with Gasteiger partial charge in [0, 0.05) is 51.2 Å². The van der Waals surface area contributed by atoms with Crippen molar-refractivity contribution in [3.05, 3.63) is 84.2 Å². The van der Waals surface area contributed by atoms with Crippen LogP contribution in [0.3, 0.4) is 0 Å². The van der Waals surface area contributed by atoms with Gasteiger partial charge < -0.3 is 19.3 Å². The second kappa shape index (κ2) is 11.5. The van der Waals surface area contributed by atoms with Crippen LogP contribution >= 0.6 is 0 Å². The fraction of sp³-hybridized carbons (Fsp3) is 0.296. The highest BCUT2D eigenvalue weighted by Crippen LogP contribution is 2.31. The lowest BCUT2D eigenvalue weighted by molar-refractivity contribution is 0.0598. The van der Waals surface area contributed by atoms with Crippen LogP contribution in [-0.2, 0) is 4.74 Å². The van der Waals surface area contributed by atoms with Gasteiger partial charge in [-0.25, -0.2) is 4.79 Å². The third-order valence-corrected chi connectivity index (χ3v) is 6.17. The second-order valence-electron chi connectivity index (χ2n) is 8.18. The van der Waals surface area contributed by atoms with Gasteiger partial charge in [0.15, 0.2) is 0 Å². The minimum atomic E-state index is -0.562. The van der Waals surface area contributed by atoms with Crippen molar-refractivity contribution in [2.24, 2.45) is 0 Å². The number of benzene rings is 2. The Kier molecular flexibility index (Phi) is 7.95. The summed E-state index contributed by atoms with van der Waals surface area (Å²) >= 11 is 0. The van der Waals surface area contributed by atoms with Crippen LogP contribution in [0.1, 0.15) is 20.8 Å². The molecule has 0 saturated carbocycles. The Labute approximate surface area is 205 Å². The van der Waals surface area contributed by atoms with Crippen molar-refractivity contribution in [3.63, 3.8) is 0 Å². The van der Waals surface area contributed by atoms with Gasteiger partial charge in [-0.15, -0.1) is 0 Å². The van der Waals surface area contributed by atoms with Crippen LogP contribution < -0.4 is 14.5 Å². The van der Waals surface area contributed by atoms with E-state index in [1.807, 2.05) is 6.07 Å². The molecule has 0 atom stereocenters. The molecule has 0 aliphatic carbocycles. The van der Waals surface area contributed by atoms with Gasteiger partial charge in [0.1, 0.15) is 17.0 Å². The molecule has 0 spiro atoms. The third kappa shape index (κ3) is 5.60. The zero-order chi connectivity index (χ0) is 24.6. The molecule has 4 rings (SSSR count). The van der Waals surface area contributed by atoms with E-state index >= 15 is 0 Å². The van der Waals surface area contributed by atoms with E-state index in [0.717, 1.165) is 26.2 Å². The summed E-state index contributed by atoms with van der Waals surface area (Å²) in [6, 6.07) is 20.8. The van der Waals surface area contributed by atoms with E-state index in [4.69, 9.17) is 9.47 Å². The van der Waals surface area contributed by atoms with Gasteiger partial charge in [0.2, 0.25) is 0 Å². The summed E-state index contributed by atoms with van der Waals surface area (Å²) in [6.45, 7) is 4.61. The van der Waals surface area contributed by atoms with Crippen LogP contribution in [0.15, 0.2) is 72.9 Å². The lowest BCUT2D eigenvalue weighted by Crippen LogP contribution is -2.49. The number of hydrogen-bond acceptors (Lipinski definition) is 7. The molecule has 8 heteroatoms. The zero-order valence-corrected chi connectivity index (χ0v) is 20.1. The Morgan fingerprint density at radius 3 is 2.31 bits per heavy atom. The Morgan fingerprint density at radius 2 is 1.66 bits per heavy atom. The number of methoxy groups -OCH3 is 2. The number of amides is 1. The molecule has 8 nitrogen and oxygen atoms in total. The molecule has 0 radical (unpaired) electrons. The molecule has 1 saturated heterocycles. The summed E-state index contributed by atoms with van der Waals surface area (Å²) in [5.74, 6) is -0.496. The van der Waals surface area contributed by atoms with Crippen molar-refractivity contribution in [1.82, 2.24) is 9.88 Å². The maximum atomic E-state index is 13.6. The highest BCUT2D eigenvalue weighted by atomic mass is 16.5. The number of aromatic nitrogens is 1. The number of ether oxygens (including phenoxy) is 2. The van der Waals surface area contributed by atoms with Gasteiger partial charge >= 0.3 is 5.97 Å². The Bertz CT molecular complexity index is 1130. The van der Waals surface area contributed by atoms with E-state index in [9.17, 15) is 9.59 Å². The monoisotopic (exact) mass is 474 g/mol. The molecule has 1 aliphatic rings. The molecule has 2 heterocycles. The van der Waals surface area contributed by atoms with E-state index in [1.165, 1.54) is 19.9 Å². The number of anilines is 2. The first kappa shape index (κ1) is 24.2. The number of carbonyl (C=O) groups excluding carboxylic acids is 2. The summed E-state index contributed by atoms with van der Waals surface area (Å²) in [5, 5.41) is 0. The van der Waals surface area contributed by atoms with Gasteiger partial charge in [-0.2, -0.15) is 0 Å². The molecular formula is C27H30N4O4. The molecule has 3 aromatic rings. The number of nitrogens with zero attached hydrogens (tertiary/aromatic N) is 4. The SMILES string of the molecule is COC(=O)c1c(OC)cccc1N(CCN1CCN(c2ccccc2)CC1)C(=O)c1ccccn1. The minimum absolute atomic E-state index is 0.218. The summed E-state index contributed by atoms with van der Waals surface area (Å²) in [6.07, 6.45) is 1.58. The zero-order valence-electron chi connectivity index (χ0n) is 20.1. The first-order valence-electron chi connectivity index (χ1n) is 11.6. The van der Waals surface area contributed by atoms with E-state index in [0.29, 0.717) is 30.2 Å². The molecule has 1 aromatic heterocycles. The lowest BCUT2D eigenvalue weighted by Gasteiger charge is -2.37. The van der Waals surface area contributed by atoms with E-state index in [2.05, 4.69) is 39.0 Å². The number of esters is 1. The molecule has 1 fully saturated rings. The second-order valence-corrected chi connectivity index (χ2v) is 8.18. The first-order chi connectivity index (χ1) is 17.1. The van der Waals surface area contributed by atoms with Crippen molar-refractivity contribution in [3.8, 4) is 5.75 Å². The highest BCUT2D eigenvalue weighted by molar-refractivity contribution is 6.09. The predicted octanol–water partition coefficient (Wildman–Crippen LogP) is 3.35. The van der Waals surface area contributed by atoms with Crippen LogP contribution in [0.4, 0.5) is 11.4 Å². The Balaban J connectivity index is 1.55. The maximum absolute atomic E-state index is 13.6. The molecule has 182 valence electrons. The smallest absolute Gasteiger partial charge is 0.343 e. The Hall–Kier alpha value is -3.91. The van der Waals surface area contributed by atoms with E-state index in [1.54, 1.807) is 47.5 Å². The average Bonchev–Trinajstić information content (AvgIpc) is 2.93. The van der Waals surface area contributed by atoms with E-state index < -0.39 is 5.97 Å². The molecular weight excluding hydrogens is 444 g/mol. The van der Waals surface area contributed by atoms with Gasteiger partial charge in [0.05, 0.1) is 19.9 Å². The molecule has 0 bridgehead atoms. The highest BCUT2D eigenvalue weighted by Gasteiger charge is 2.28. The number of piperazine rings is 1. The normalized spacial score (nSPS) is 13.8. The van der Waals surface area contributed by atoms with Crippen molar-refractivity contribution in [2.75, 3.05) is 63.3 Å². The van der Waals surface area contributed by atoms with E-state index in [-0.39, 0.29) is 11.5 Å². The molecule has 1 amide bonds. The maximum Gasteiger partial charge on any atom is 0.343 e. The van der Waals surface area contributed by atoms with Gasteiger partial charge in [-0.3, -0.25) is 14.7 Å². The van der Waals surface area contributed by atoms with Gasteiger partial charge in [-0.1, -0.05) is 30.3 Å². The van der Waals surface area contributed by atoms with Crippen LogP contribution in [0, 0.1) is 0 Å². The molecule has 35 heavy (non-hydrogen) atoms. The number of para-hydroxylation sites is 1. The quantitative estimate of drug-likeness (QED) is 0.464. The van der Waals surface area contributed by atoms with Crippen molar-refractivity contribution >= 4 is 23.3 Å². The number of rotatable bonds is 8. The summed E-state index contributed by atoms with van der Waals surface area (Å²) in [5.41, 5.74) is 2.18. The van der Waals surface area contributed by atoms with Gasteiger partial charge in [-0.05, 0) is 36.4 Å². The topological polar surface area (TPSA) is 75.2 Å². The molecule has 2 aromatic carbocycles. The van der Waals surface area contributed by atoms with Crippen LogP contribution in [-0.4, -0.2) is 75.2 Å². The molecule has 0 N–H and O–H groups in total. The van der Waals surface area contributed by atoms with Crippen molar-refractivity contribution in [2.45, 2.75) is 0 Å². The van der Waals surface area contributed by atoms with Crippen molar-refractivity contribution in [1.29, 1.82) is 0 Å². The van der Waals surface area contributed by atoms with Crippen LogP contribution in [0.25, 0.3) is 0 Å². The first-order valence-corrected chi connectivity index (χ1v) is 11.6. The van der Waals surface area contributed by atoms with Crippen LogP contribution in [0.5, 0.6) is 5.75 Å². The number of carbonyl (C=O) groups is 2. The molecule has 0 unspecified atom stereocenters. The summed E-state index contributed by atoms with van der Waals surface area (Å²) in [7, 11) is 2.80. The van der Waals surface area contributed by atoms with Crippen molar-refractivity contribution < 1.29 is 19.1 Å². The summed E-state index contributed by atoms with van der Waals surface area (Å²) < 4.78 is 10.4. The molecule has 1 aliphatic heterocycles. The van der Waals surface area contributed by atoms with Gasteiger partial charge in [0.25, 0.3) is 5.91 Å². The number of hydrogen-bond donors (Lipinski definition) is 0. The minimum Gasteiger partial charge on any atom is -0.496 e. The average molecular weight is 475 g/mol. The summed E-state index contributed by atoms with van der Waals surface area (Å²) in [4.78, 5) is 36.8.